The van der Waals surface area contributed by atoms with Crippen LogP contribution in [0.1, 0.15) is 25.3 Å². The molecular weight excluding hydrogens is 403 g/mol. The molecule has 0 aromatic heterocycles. The second-order valence-electron chi connectivity index (χ2n) is 5.93. The maximum absolute atomic E-state index is 11.9. The Labute approximate surface area is 173 Å². The van der Waals surface area contributed by atoms with E-state index in [9.17, 15) is 14.4 Å². The first-order valence-corrected chi connectivity index (χ1v) is 9.42. The molecule has 0 atom stereocenters. The summed E-state index contributed by atoms with van der Waals surface area (Å²) in [4.78, 5) is 35.5. The molecule has 0 fully saturated rings. The highest BCUT2D eigenvalue weighted by molar-refractivity contribution is 6.35. The highest BCUT2D eigenvalue weighted by Crippen LogP contribution is 2.25. The molecule has 2 amide bonds. The third-order valence-corrected chi connectivity index (χ3v) is 4.33. The normalized spacial score (nSPS) is 10.2. The average Bonchev–Trinajstić information content (AvgIpc) is 2.68. The molecule has 8 heteroatoms. The second kappa shape index (κ2) is 10.7. The topological polar surface area (TPSA) is 84.5 Å². The number of aryl methyl sites for hydroxylation is 1. The van der Waals surface area contributed by atoms with Crippen molar-refractivity contribution in [1.29, 1.82) is 0 Å². The summed E-state index contributed by atoms with van der Waals surface area (Å²) in [6.45, 7) is 1.62. The largest absolute Gasteiger partial charge is 0.456 e. The number of hydrogen-bond donors (Lipinski definition) is 2. The molecule has 0 unspecified atom stereocenters. The van der Waals surface area contributed by atoms with E-state index in [0.29, 0.717) is 21.4 Å². The molecule has 2 aromatic rings. The van der Waals surface area contributed by atoms with Crippen LogP contribution in [-0.2, 0) is 25.5 Å². The van der Waals surface area contributed by atoms with Gasteiger partial charge in [-0.1, -0.05) is 42.3 Å². The maximum atomic E-state index is 11.9. The zero-order valence-corrected chi connectivity index (χ0v) is 16.8. The van der Waals surface area contributed by atoms with Crippen molar-refractivity contribution in [1.82, 2.24) is 0 Å². The first-order chi connectivity index (χ1) is 13.4. The lowest BCUT2D eigenvalue weighted by atomic mass is 10.1. The molecule has 0 aliphatic heterocycles. The van der Waals surface area contributed by atoms with Gasteiger partial charge in [0.25, 0.3) is 5.91 Å². The molecule has 2 aromatic carbocycles. The van der Waals surface area contributed by atoms with Crippen LogP contribution in [0.25, 0.3) is 0 Å². The van der Waals surface area contributed by atoms with E-state index in [1.54, 1.807) is 24.3 Å². The van der Waals surface area contributed by atoms with Crippen LogP contribution < -0.4 is 10.6 Å². The van der Waals surface area contributed by atoms with E-state index in [2.05, 4.69) is 10.6 Å². The van der Waals surface area contributed by atoms with Gasteiger partial charge in [-0.15, -0.1) is 0 Å². The summed E-state index contributed by atoms with van der Waals surface area (Å²) in [6.07, 6.45) is 0.632. The van der Waals surface area contributed by atoms with Crippen molar-refractivity contribution >= 4 is 52.4 Å². The Morgan fingerprint density at radius 2 is 1.64 bits per heavy atom. The van der Waals surface area contributed by atoms with Crippen molar-refractivity contribution in [2.24, 2.45) is 0 Å². The van der Waals surface area contributed by atoms with Gasteiger partial charge in [0.15, 0.2) is 6.61 Å². The summed E-state index contributed by atoms with van der Waals surface area (Å²) < 4.78 is 4.89. The first-order valence-electron chi connectivity index (χ1n) is 8.66. The van der Waals surface area contributed by atoms with Gasteiger partial charge in [0.1, 0.15) is 0 Å². The van der Waals surface area contributed by atoms with Crippen molar-refractivity contribution < 1.29 is 19.1 Å². The summed E-state index contributed by atoms with van der Waals surface area (Å²) in [5, 5.41) is 5.97. The molecule has 0 bridgehead atoms. The molecule has 0 heterocycles. The minimum atomic E-state index is -0.649. The highest BCUT2D eigenvalue weighted by Gasteiger charge is 2.12. The fourth-order valence-electron chi connectivity index (χ4n) is 2.26. The third-order valence-electron chi connectivity index (χ3n) is 3.77. The molecule has 0 aliphatic carbocycles. The standard InChI is InChI=1S/C20H20Cl2N2O4/c1-2-13-3-6-15(7-4-13)23-19(26)12-28-20(27)10-9-18(25)24-17-11-14(21)5-8-16(17)22/h3-8,11H,2,9-10,12H2,1H3,(H,23,26)(H,24,25). The summed E-state index contributed by atoms with van der Waals surface area (Å²) in [5.41, 5.74) is 2.14. The van der Waals surface area contributed by atoms with Gasteiger partial charge in [0, 0.05) is 17.1 Å². The molecule has 0 saturated carbocycles. The fourth-order valence-corrected chi connectivity index (χ4v) is 2.60. The Morgan fingerprint density at radius 3 is 2.32 bits per heavy atom. The highest BCUT2D eigenvalue weighted by atomic mass is 35.5. The Morgan fingerprint density at radius 1 is 0.929 bits per heavy atom. The quantitative estimate of drug-likeness (QED) is 0.615. The lowest BCUT2D eigenvalue weighted by Crippen LogP contribution is -2.21. The summed E-state index contributed by atoms with van der Waals surface area (Å²) in [6, 6.07) is 12.0. The molecule has 0 radical (unpaired) electrons. The number of ether oxygens (including phenoxy) is 1. The zero-order chi connectivity index (χ0) is 20.5. The van der Waals surface area contributed by atoms with Crippen LogP contribution in [0.4, 0.5) is 11.4 Å². The molecule has 148 valence electrons. The number of halogens is 2. The van der Waals surface area contributed by atoms with Crippen LogP contribution in [0.3, 0.4) is 0 Å². The SMILES string of the molecule is CCc1ccc(NC(=O)COC(=O)CCC(=O)Nc2cc(Cl)ccc2Cl)cc1. The monoisotopic (exact) mass is 422 g/mol. The molecule has 0 saturated heterocycles. The summed E-state index contributed by atoms with van der Waals surface area (Å²) in [7, 11) is 0. The van der Waals surface area contributed by atoms with Crippen LogP contribution in [0.5, 0.6) is 0 Å². The van der Waals surface area contributed by atoms with Gasteiger partial charge in [-0.05, 0) is 42.3 Å². The van der Waals surface area contributed by atoms with E-state index in [1.165, 1.54) is 6.07 Å². The first kappa shape index (κ1) is 21.7. The predicted molar refractivity (Wildman–Crippen MR) is 110 cm³/mol. The van der Waals surface area contributed by atoms with Gasteiger partial charge in [0.2, 0.25) is 5.91 Å². The van der Waals surface area contributed by atoms with Gasteiger partial charge >= 0.3 is 5.97 Å². The number of amides is 2. The van der Waals surface area contributed by atoms with Gasteiger partial charge in [0.05, 0.1) is 17.1 Å². The number of esters is 1. The van der Waals surface area contributed by atoms with E-state index in [0.717, 1.165) is 12.0 Å². The Hall–Kier alpha value is -2.57. The number of carbonyl (C=O) groups is 3. The predicted octanol–water partition coefficient (Wildman–Crippen LogP) is 4.46. The number of carbonyl (C=O) groups excluding carboxylic acids is 3. The van der Waals surface area contributed by atoms with Crippen LogP contribution in [-0.4, -0.2) is 24.4 Å². The van der Waals surface area contributed by atoms with Crippen molar-refractivity contribution in [2.45, 2.75) is 26.2 Å². The smallest absolute Gasteiger partial charge is 0.306 e. The van der Waals surface area contributed by atoms with Crippen molar-refractivity contribution in [2.75, 3.05) is 17.2 Å². The Balaban J connectivity index is 1.70. The van der Waals surface area contributed by atoms with E-state index >= 15 is 0 Å². The maximum Gasteiger partial charge on any atom is 0.306 e. The third kappa shape index (κ3) is 7.21. The van der Waals surface area contributed by atoms with Crippen LogP contribution >= 0.6 is 23.2 Å². The number of hydrogen-bond acceptors (Lipinski definition) is 4. The average molecular weight is 423 g/mol. The van der Waals surface area contributed by atoms with E-state index in [1.807, 2.05) is 19.1 Å². The lowest BCUT2D eigenvalue weighted by molar-refractivity contribution is -0.147. The van der Waals surface area contributed by atoms with E-state index < -0.39 is 24.4 Å². The molecule has 0 spiro atoms. The number of rotatable bonds is 8. The second-order valence-corrected chi connectivity index (χ2v) is 6.78. The van der Waals surface area contributed by atoms with Crippen molar-refractivity contribution in [3.8, 4) is 0 Å². The van der Waals surface area contributed by atoms with Crippen molar-refractivity contribution in [3.05, 3.63) is 58.1 Å². The van der Waals surface area contributed by atoms with Gasteiger partial charge in [-0.25, -0.2) is 0 Å². The van der Waals surface area contributed by atoms with Crippen LogP contribution in [0.15, 0.2) is 42.5 Å². The minimum Gasteiger partial charge on any atom is -0.456 e. The zero-order valence-electron chi connectivity index (χ0n) is 15.3. The van der Waals surface area contributed by atoms with Crippen LogP contribution in [0, 0.1) is 0 Å². The van der Waals surface area contributed by atoms with Crippen LogP contribution in [0.2, 0.25) is 10.0 Å². The van der Waals surface area contributed by atoms with Gasteiger partial charge in [-0.3, -0.25) is 14.4 Å². The van der Waals surface area contributed by atoms with Crippen molar-refractivity contribution in [3.63, 3.8) is 0 Å². The Bertz CT molecular complexity index is 854. The lowest BCUT2D eigenvalue weighted by Gasteiger charge is -2.08. The minimum absolute atomic E-state index is 0.109. The summed E-state index contributed by atoms with van der Waals surface area (Å²) >= 11 is 11.8. The van der Waals surface area contributed by atoms with E-state index in [4.69, 9.17) is 27.9 Å². The number of benzene rings is 2. The number of nitrogens with one attached hydrogen (secondary N) is 2. The molecule has 28 heavy (non-hydrogen) atoms. The molecule has 2 N–H and O–H groups in total. The Kier molecular flexibility index (Phi) is 8.29. The van der Waals surface area contributed by atoms with E-state index in [-0.39, 0.29) is 12.8 Å². The molecular formula is C20H20Cl2N2O4. The molecule has 0 aliphatic rings. The van der Waals surface area contributed by atoms with Gasteiger partial charge in [-0.2, -0.15) is 0 Å². The number of anilines is 2. The molecule has 2 rings (SSSR count). The van der Waals surface area contributed by atoms with Gasteiger partial charge < -0.3 is 15.4 Å². The molecule has 6 nitrogen and oxygen atoms in total. The summed E-state index contributed by atoms with van der Waals surface area (Å²) in [5.74, 6) is -1.52. The fraction of sp³-hybridized carbons (Fsp3) is 0.250.